The summed E-state index contributed by atoms with van der Waals surface area (Å²) in [5, 5.41) is 12.0. The Hall–Kier alpha value is -3.13. The van der Waals surface area contributed by atoms with Crippen molar-refractivity contribution < 1.29 is 4.79 Å². The van der Waals surface area contributed by atoms with Gasteiger partial charge in [0, 0.05) is 6.20 Å². The van der Waals surface area contributed by atoms with Crippen molar-refractivity contribution in [3.8, 4) is 6.07 Å². The summed E-state index contributed by atoms with van der Waals surface area (Å²) in [6.45, 7) is 3.96. The maximum Gasteiger partial charge on any atom is 0.274 e. The summed E-state index contributed by atoms with van der Waals surface area (Å²) in [4.78, 5) is 17.3. The normalized spacial score (nSPS) is 10.5. The van der Waals surface area contributed by atoms with E-state index >= 15 is 0 Å². The first kappa shape index (κ1) is 14.8. The molecule has 0 atom stereocenters. The Morgan fingerprint density at radius 3 is 2.87 bits per heavy atom. The van der Waals surface area contributed by atoms with Crippen LogP contribution >= 0.6 is 0 Å². The SMILES string of the molecule is CCc1nc2cc(C)ccn2c1C(=O)Nc1ccccc1C#N. The van der Waals surface area contributed by atoms with Crippen LogP contribution in [0.25, 0.3) is 5.65 Å². The molecule has 0 aliphatic carbocycles. The summed E-state index contributed by atoms with van der Waals surface area (Å²) in [5.74, 6) is -0.263. The van der Waals surface area contributed by atoms with Gasteiger partial charge in [0.2, 0.25) is 0 Å². The summed E-state index contributed by atoms with van der Waals surface area (Å²) >= 11 is 0. The topological polar surface area (TPSA) is 70.2 Å². The van der Waals surface area contributed by atoms with Crippen LogP contribution in [0.1, 0.15) is 34.2 Å². The number of nitrogens with zero attached hydrogens (tertiary/aromatic N) is 3. The first-order valence-electron chi connectivity index (χ1n) is 7.42. The van der Waals surface area contributed by atoms with Gasteiger partial charge in [0.1, 0.15) is 17.4 Å². The van der Waals surface area contributed by atoms with Crippen molar-refractivity contribution in [1.29, 1.82) is 5.26 Å². The molecule has 114 valence electrons. The van der Waals surface area contributed by atoms with Crippen molar-refractivity contribution in [2.45, 2.75) is 20.3 Å². The van der Waals surface area contributed by atoms with E-state index in [0.29, 0.717) is 23.4 Å². The standard InChI is InChI=1S/C18H16N4O/c1-3-14-17(22-9-8-12(2)10-16(22)20-14)18(23)21-15-7-5-4-6-13(15)11-19/h4-10H,3H2,1-2H3,(H,21,23). The molecule has 5 heteroatoms. The van der Waals surface area contributed by atoms with Crippen LogP contribution in [0.5, 0.6) is 0 Å². The molecule has 0 aliphatic rings. The Morgan fingerprint density at radius 1 is 1.35 bits per heavy atom. The van der Waals surface area contributed by atoms with E-state index in [4.69, 9.17) is 5.26 Å². The fraction of sp³-hybridized carbons (Fsp3) is 0.167. The zero-order chi connectivity index (χ0) is 16.4. The molecule has 0 spiro atoms. The number of nitriles is 1. The molecule has 0 bridgehead atoms. The minimum atomic E-state index is -0.263. The van der Waals surface area contributed by atoms with Crippen molar-refractivity contribution in [1.82, 2.24) is 9.38 Å². The Kier molecular flexibility index (Phi) is 3.82. The maximum absolute atomic E-state index is 12.7. The number of benzene rings is 1. The number of pyridine rings is 1. The van der Waals surface area contributed by atoms with Gasteiger partial charge in [0.15, 0.2) is 0 Å². The molecule has 3 aromatic rings. The fourth-order valence-corrected chi connectivity index (χ4v) is 2.55. The lowest BCUT2D eigenvalue weighted by atomic mass is 10.2. The molecule has 0 aliphatic heterocycles. The molecule has 1 amide bonds. The highest BCUT2D eigenvalue weighted by Crippen LogP contribution is 2.19. The fourth-order valence-electron chi connectivity index (χ4n) is 2.55. The van der Waals surface area contributed by atoms with Gasteiger partial charge in [-0.05, 0) is 43.2 Å². The predicted octanol–water partition coefficient (Wildman–Crippen LogP) is 3.33. The van der Waals surface area contributed by atoms with Crippen LogP contribution < -0.4 is 5.32 Å². The molecule has 0 unspecified atom stereocenters. The van der Waals surface area contributed by atoms with Crippen LogP contribution in [0.2, 0.25) is 0 Å². The summed E-state index contributed by atoms with van der Waals surface area (Å²) in [7, 11) is 0. The Labute approximate surface area is 134 Å². The summed E-state index contributed by atoms with van der Waals surface area (Å²) in [6, 6.07) is 12.9. The number of nitrogens with one attached hydrogen (secondary N) is 1. The first-order chi connectivity index (χ1) is 11.1. The lowest BCUT2D eigenvalue weighted by molar-refractivity contribution is 0.102. The number of anilines is 1. The van der Waals surface area contributed by atoms with Crippen molar-refractivity contribution in [2.24, 2.45) is 0 Å². The van der Waals surface area contributed by atoms with Crippen LogP contribution in [0, 0.1) is 18.3 Å². The van der Waals surface area contributed by atoms with Gasteiger partial charge >= 0.3 is 0 Å². The Balaban J connectivity index is 2.06. The van der Waals surface area contributed by atoms with Gasteiger partial charge in [0.05, 0.1) is 16.9 Å². The van der Waals surface area contributed by atoms with Gasteiger partial charge in [-0.1, -0.05) is 19.1 Å². The van der Waals surface area contributed by atoms with Gasteiger partial charge < -0.3 is 5.32 Å². The second kappa shape index (κ2) is 5.93. The van der Waals surface area contributed by atoms with Gasteiger partial charge in [-0.25, -0.2) is 4.98 Å². The number of aromatic nitrogens is 2. The molecular weight excluding hydrogens is 288 g/mol. The zero-order valence-corrected chi connectivity index (χ0v) is 13.0. The molecule has 0 saturated heterocycles. The molecule has 0 fully saturated rings. The molecule has 1 N–H and O–H groups in total. The van der Waals surface area contributed by atoms with Crippen molar-refractivity contribution in [3.63, 3.8) is 0 Å². The smallest absolute Gasteiger partial charge is 0.274 e. The molecule has 5 nitrogen and oxygen atoms in total. The highest BCUT2D eigenvalue weighted by Gasteiger charge is 2.19. The third kappa shape index (κ3) is 2.67. The van der Waals surface area contributed by atoms with E-state index in [1.807, 2.05) is 32.2 Å². The highest BCUT2D eigenvalue weighted by molar-refractivity contribution is 6.05. The Bertz CT molecular complexity index is 934. The molecule has 2 aromatic heterocycles. The van der Waals surface area contributed by atoms with Crippen LogP contribution in [-0.2, 0) is 6.42 Å². The van der Waals surface area contributed by atoms with Crippen LogP contribution in [-0.4, -0.2) is 15.3 Å². The number of aryl methyl sites for hydroxylation is 2. The van der Waals surface area contributed by atoms with Crippen molar-refractivity contribution in [2.75, 3.05) is 5.32 Å². The van der Waals surface area contributed by atoms with Crippen LogP contribution in [0.3, 0.4) is 0 Å². The minimum absolute atomic E-state index is 0.263. The van der Waals surface area contributed by atoms with Gasteiger partial charge in [-0.15, -0.1) is 0 Å². The van der Waals surface area contributed by atoms with E-state index in [1.165, 1.54) is 0 Å². The predicted molar refractivity (Wildman–Crippen MR) is 88.4 cm³/mol. The van der Waals surface area contributed by atoms with E-state index < -0.39 is 0 Å². The molecule has 23 heavy (non-hydrogen) atoms. The first-order valence-corrected chi connectivity index (χ1v) is 7.42. The number of hydrogen-bond acceptors (Lipinski definition) is 3. The molecule has 1 aromatic carbocycles. The quantitative estimate of drug-likeness (QED) is 0.807. The number of hydrogen-bond donors (Lipinski definition) is 1. The average molecular weight is 304 g/mol. The lowest BCUT2D eigenvalue weighted by Gasteiger charge is -2.08. The van der Waals surface area contributed by atoms with E-state index in [2.05, 4.69) is 16.4 Å². The van der Waals surface area contributed by atoms with Crippen LogP contribution in [0.15, 0.2) is 42.6 Å². The summed E-state index contributed by atoms with van der Waals surface area (Å²) in [6.07, 6.45) is 2.51. The molecule has 2 heterocycles. The third-order valence-electron chi connectivity index (χ3n) is 3.70. The number of para-hydroxylation sites is 1. The van der Waals surface area contributed by atoms with Crippen LogP contribution in [0.4, 0.5) is 5.69 Å². The van der Waals surface area contributed by atoms with Crippen molar-refractivity contribution in [3.05, 3.63) is 65.1 Å². The zero-order valence-electron chi connectivity index (χ0n) is 13.0. The number of imidazole rings is 1. The van der Waals surface area contributed by atoms with E-state index in [1.54, 1.807) is 28.7 Å². The van der Waals surface area contributed by atoms with E-state index in [9.17, 15) is 4.79 Å². The number of fused-ring (bicyclic) bond motifs is 1. The van der Waals surface area contributed by atoms with E-state index in [0.717, 1.165) is 16.9 Å². The average Bonchev–Trinajstić information content (AvgIpc) is 2.92. The number of rotatable bonds is 3. The second-order valence-corrected chi connectivity index (χ2v) is 5.30. The second-order valence-electron chi connectivity index (χ2n) is 5.30. The largest absolute Gasteiger partial charge is 0.319 e. The Morgan fingerprint density at radius 2 is 2.13 bits per heavy atom. The molecular formula is C18H16N4O. The molecule has 0 saturated carbocycles. The lowest BCUT2D eigenvalue weighted by Crippen LogP contribution is -2.17. The molecule has 3 rings (SSSR count). The summed E-state index contributed by atoms with van der Waals surface area (Å²) < 4.78 is 1.79. The third-order valence-corrected chi connectivity index (χ3v) is 3.70. The number of carbonyl (C=O) groups excluding carboxylic acids is 1. The number of carbonyl (C=O) groups is 1. The summed E-state index contributed by atoms with van der Waals surface area (Å²) in [5.41, 5.74) is 4.03. The number of amides is 1. The van der Waals surface area contributed by atoms with Gasteiger partial charge in [-0.3, -0.25) is 9.20 Å². The maximum atomic E-state index is 12.7. The minimum Gasteiger partial charge on any atom is -0.319 e. The highest BCUT2D eigenvalue weighted by atomic mass is 16.2. The van der Waals surface area contributed by atoms with Crippen molar-refractivity contribution >= 4 is 17.2 Å². The van der Waals surface area contributed by atoms with Gasteiger partial charge in [0.25, 0.3) is 5.91 Å². The van der Waals surface area contributed by atoms with Gasteiger partial charge in [-0.2, -0.15) is 5.26 Å². The monoisotopic (exact) mass is 304 g/mol. The molecule has 0 radical (unpaired) electrons. The van der Waals surface area contributed by atoms with E-state index in [-0.39, 0.29) is 5.91 Å².